The van der Waals surface area contributed by atoms with E-state index < -0.39 is 0 Å². The lowest BCUT2D eigenvalue weighted by atomic mass is 10.0. The summed E-state index contributed by atoms with van der Waals surface area (Å²) in [5.74, 6) is 0.0284. The highest BCUT2D eigenvalue weighted by Crippen LogP contribution is 2.33. The lowest BCUT2D eigenvalue weighted by Gasteiger charge is -2.38. The number of hydrogen-bond acceptors (Lipinski definition) is 4. The van der Waals surface area contributed by atoms with Gasteiger partial charge in [-0.15, -0.1) is 0 Å². The van der Waals surface area contributed by atoms with Crippen molar-refractivity contribution in [2.75, 3.05) is 45.2 Å². The molecule has 1 saturated heterocycles. The first kappa shape index (κ1) is 18.7. The standard InChI is InChI=1S/C20H29N3O3/c1-15(24)21(2)18-10-9-17(19(18)26-3)20(25)23-13-11-22(12-14-23)16-7-5-4-6-8-16/h4-8,17-19H,9-14H2,1-3H3/t17-,18-,19+/m1/s1. The number of anilines is 1. The van der Waals surface area contributed by atoms with Gasteiger partial charge in [-0.2, -0.15) is 0 Å². The third kappa shape index (κ3) is 3.70. The van der Waals surface area contributed by atoms with Crippen LogP contribution in [0.1, 0.15) is 19.8 Å². The van der Waals surface area contributed by atoms with E-state index in [0.29, 0.717) is 0 Å². The van der Waals surface area contributed by atoms with E-state index in [9.17, 15) is 9.59 Å². The summed E-state index contributed by atoms with van der Waals surface area (Å²) in [7, 11) is 3.44. The third-order valence-corrected chi connectivity index (χ3v) is 5.85. The van der Waals surface area contributed by atoms with Crippen LogP contribution in [0.25, 0.3) is 0 Å². The Bertz CT molecular complexity index is 628. The Hall–Kier alpha value is -2.08. The average Bonchev–Trinajstić information content (AvgIpc) is 3.11. The van der Waals surface area contributed by atoms with Gasteiger partial charge in [0.2, 0.25) is 11.8 Å². The van der Waals surface area contributed by atoms with Crippen molar-refractivity contribution in [2.24, 2.45) is 5.92 Å². The molecule has 1 aliphatic heterocycles. The van der Waals surface area contributed by atoms with Crippen molar-refractivity contribution in [3.8, 4) is 0 Å². The number of benzene rings is 1. The van der Waals surface area contributed by atoms with Gasteiger partial charge in [0.15, 0.2) is 0 Å². The monoisotopic (exact) mass is 359 g/mol. The van der Waals surface area contributed by atoms with E-state index in [1.165, 1.54) is 5.69 Å². The van der Waals surface area contributed by atoms with Crippen LogP contribution in [0.4, 0.5) is 5.69 Å². The molecule has 6 heteroatoms. The van der Waals surface area contributed by atoms with Gasteiger partial charge in [-0.05, 0) is 25.0 Å². The van der Waals surface area contributed by atoms with Crippen LogP contribution in [0.15, 0.2) is 30.3 Å². The zero-order valence-electron chi connectivity index (χ0n) is 15.9. The number of hydrogen-bond donors (Lipinski definition) is 0. The van der Waals surface area contributed by atoms with Gasteiger partial charge in [0.25, 0.3) is 0 Å². The van der Waals surface area contributed by atoms with Crippen molar-refractivity contribution >= 4 is 17.5 Å². The number of amides is 2. The number of para-hydroxylation sites is 1. The van der Waals surface area contributed by atoms with Crippen LogP contribution in [0.5, 0.6) is 0 Å². The molecule has 2 aliphatic rings. The van der Waals surface area contributed by atoms with Crippen molar-refractivity contribution in [1.29, 1.82) is 0 Å². The van der Waals surface area contributed by atoms with Crippen molar-refractivity contribution in [2.45, 2.75) is 31.9 Å². The Morgan fingerprint density at radius 2 is 1.73 bits per heavy atom. The molecule has 3 atom stereocenters. The smallest absolute Gasteiger partial charge is 0.228 e. The van der Waals surface area contributed by atoms with Crippen LogP contribution in [0.3, 0.4) is 0 Å². The summed E-state index contributed by atoms with van der Waals surface area (Å²) in [6.45, 7) is 4.71. The SMILES string of the molecule is CO[C@@H]1[C@H](N(C)C(C)=O)CC[C@H]1C(=O)N1CCN(c2ccccc2)CC1. The minimum absolute atomic E-state index is 0.0154. The largest absolute Gasteiger partial charge is 0.378 e. The second kappa shape index (κ2) is 8.08. The molecule has 3 rings (SSSR count). The van der Waals surface area contributed by atoms with E-state index in [-0.39, 0.29) is 29.9 Å². The molecule has 142 valence electrons. The van der Waals surface area contributed by atoms with Gasteiger partial charge in [0.05, 0.1) is 18.1 Å². The molecular weight excluding hydrogens is 330 g/mol. The van der Waals surface area contributed by atoms with E-state index in [1.54, 1.807) is 26.0 Å². The quantitative estimate of drug-likeness (QED) is 0.820. The number of ether oxygens (including phenoxy) is 1. The summed E-state index contributed by atoms with van der Waals surface area (Å²) in [6, 6.07) is 10.3. The molecule has 1 aromatic rings. The molecule has 1 heterocycles. The maximum absolute atomic E-state index is 13.1. The van der Waals surface area contributed by atoms with Gasteiger partial charge in [-0.3, -0.25) is 9.59 Å². The molecule has 0 radical (unpaired) electrons. The summed E-state index contributed by atoms with van der Waals surface area (Å²) in [6.07, 6.45) is 1.37. The number of nitrogens with zero attached hydrogens (tertiary/aromatic N) is 3. The van der Waals surface area contributed by atoms with Crippen LogP contribution in [-0.4, -0.2) is 74.1 Å². The number of methoxy groups -OCH3 is 1. The Labute approximate surface area is 155 Å². The van der Waals surface area contributed by atoms with Crippen LogP contribution in [0.2, 0.25) is 0 Å². The van der Waals surface area contributed by atoms with Gasteiger partial charge in [0.1, 0.15) is 0 Å². The van der Waals surface area contributed by atoms with Gasteiger partial charge >= 0.3 is 0 Å². The predicted molar refractivity (Wildman–Crippen MR) is 101 cm³/mol. The fourth-order valence-corrected chi connectivity index (χ4v) is 4.24. The highest BCUT2D eigenvalue weighted by Gasteiger charge is 2.44. The second-order valence-electron chi connectivity index (χ2n) is 7.23. The van der Waals surface area contributed by atoms with E-state index in [0.717, 1.165) is 39.0 Å². The first-order chi connectivity index (χ1) is 12.5. The van der Waals surface area contributed by atoms with Crippen LogP contribution < -0.4 is 4.90 Å². The summed E-state index contributed by atoms with van der Waals surface area (Å²) in [4.78, 5) is 30.8. The average molecular weight is 359 g/mol. The summed E-state index contributed by atoms with van der Waals surface area (Å²) in [5.41, 5.74) is 1.21. The molecule has 2 amide bonds. The van der Waals surface area contributed by atoms with Crippen molar-refractivity contribution in [3.63, 3.8) is 0 Å². The van der Waals surface area contributed by atoms with E-state index in [1.807, 2.05) is 23.1 Å². The molecule has 1 aliphatic carbocycles. The summed E-state index contributed by atoms with van der Waals surface area (Å²) < 4.78 is 5.66. The van der Waals surface area contributed by atoms with Crippen molar-refractivity contribution in [3.05, 3.63) is 30.3 Å². The van der Waals surface area contributed by atoms with E-state index >= 15 is 0 Å². The first-order valence-corrected chi connectivity index (χ1v) is 9.38. The Kier molecular flexibility index (Phi) is 5.81. The maximum atomic E-state index is 13.1. The Morgan fingerprint density at radius 3 is 2.31 bits per heavy atom. The normalized spacial score (nSPS) is 26.0. The minimum Gasteiger partial charge on any atom is -0.378 e. The molecule has 0 bridgehead atoms. The molecular formula is C20H29N3O3. The molecule has 1 saturated carbocycles. The summed E-state index contributed by atoms with van der Waals surface area (Å²) >= 11 is 0. The lowest BCUT2D eigenvalue weighted by Crippen LogP contribution is -2.52. The van der Waals surface area contributed by atoms with Gasteiger partial charge in [-0.1, -0.05) is 18.2 Å². The molecule has 26 heavy (non-hydrogen) atoms. The highest BCUT2D eigenvalue weighted by molar-refractivity contribution is 5.81. The fraction of sp³-hybridized carbons (Fsp3) is 0.600. The fourth-order valence-electron chi connectivity index (χ4n) is 4.24. The Morgan fingerprint density at radius 1 is 1.08 bits per heavy atom. The molecule has 2 fully saturated rings. The number of piperazine rings is 1. The number of likely N-dealkylation sites (N-methyl/N-ethyl adjacent to an activating group) is 1. The molecule has 0 aromatic heterocycles. The third-order valence-electron chi connectivity index (χ3n) is 5.85. The molecule has 0 unspecified atom stereocenters. The number of carbonyl (C=O) groups is 2. The van der Waals surface area contributed by atoms with E-state index in [4.69, 9.17) is 4.74 Å². The first-order valence-electron chi connectivity index (χ1n) is 9.38. The molecule has 0 N–H and O–H groups in total. The van der Waals surface area contributed by atoms with Crippen LogP contribution in [-0.2, 0) is 14.3 Å². The molecule has 0 spiro atoms. The van der Waals surface area contributed by atoms with Crippen LogP contribution in [0, 0.1) is 5.92 Å². The molecule has 1 aromatic carbocycles. The number of carbonyl (C=O) groups excluding carboxylic acids is 2. The van der Waals surface area contributed by atoms with Gasteiger partial charge in [0, 0.05) is 52.9 Å². The van der Waals surface area contributed by atoms with Crippen molar-refractivity contribution < 1.29 is 14.3 Å². The Balaban J connectivity index is 1.60. The summed E-state index contributed by atoms with van der Waals surface area (Å²) in [5, 5.41) is 0. The van der Waals surface area contributed by atoms with Gasteiger partial charge in [-0.25, -0.2) is 0 Å². The lowest BCUT2D eigenvalue weighted by molar-refractivity contribution is -0.142. The predicted octanol–water partition coefficient (Wildman–Crippen LogP) is 1.61. The zero-order chi connectivity index (χ0) is 18.7. The second-order valence-corrected chi connectivity index (χ2v) is 7.23. The maximum Gasteiger partial charge on any atom is 0.228 e. The zero-order valence-corrected chi connectivity index (χ0v) is 15.9. The topological polar surface area (TPSA) is 53.1 Å². The highest BCUT2D eigenvalue weighted by atomic mass is 16.5. The van der Waals surface area contributed by atoms with Crippen LogP contribution >= 0.6 is 0 Å². The van der Waals surface area contributed by atoms with Crippen molar-refractivity contribution in [1.82, 2.24) is 9.80 Å². The van der Waals surface area contributed by atoms with E-state index in [2.05, 4.69) is 17.0 Å². The number of rotatable bonds is 4. The molecule has 6 nitrogen and oxygen atoms in total. The van der Waals surface area contributed by atoms with Gasteiger partial charge < -0.3 is 19.4 Å². The minimum atomic E-state index is -0.219.